The molecule has 3 nitrogen and oxygen atoms in total. The molecule has 0 spiro atoms. The van der Waals surface area contributed by atoms with Gasteiger partial charge in [0.25, 0.3) is 0 Å². The lowest BCUT2D eigenvalue weighted by atomic mass is 9.71. The molecule has 3 heteroatoms. The van der Waals surface area contributed by atoms with E-state index in [1.807, 2.05) is 18.2 Å². The number of hydrogen-bond donors (Lipinski definition) is 2. The van der Waals surface area contributed by atoms with Crippen LogP contribution in [-0.4, -0.2) is 24.3 Å². The van der Waals surface area contributed by atoms with E-state index in [9.17, 15) is 5.11 Å². The molecule has 0 amide bonds. The van der Waals surface area contributed by atoms with Crippen molar-refractivity contribution in [3.8, 4) is 5.75 Å². The van der Waals surface area contributed by atoms with Gasteiger partial charge in [-0.2, -0.15) is 0 Å². The van der Waals surface area contributed by atoms with E-state index < -0.39 is 0 Å². The van der Waals surface area contributed by atoms with Gasteiger partial charge in [0.2, 0.25) is 0 Å². The maximum Gasteiger partial charge on any atom is 0.115 e. The molecule has 1 unspecified atom stereocenters. The fourth-order valence-corrected chi connectivity index (χ4v) is 4.66. The average Bonchev–Trinajstić information content (AvgIpc) is 2.74. The minimum absolute atomic E-state index is 0.139. The first-order valence-electron chi connectivity index (χ1n) is 10.3. The van der Waals surface area contributed by atoms with E-state index in [2.05, 4.69) is 48.3 Å². The lowest BCUT2D eigenvalue weighted by Gasteiger charge is -2.37. The molecule has 1 fully saturated rings. The molecule has 0 saturated carbocycles. The van der Waals surface area contributed by atoms with Crippen molar-refractivity contribution in [2.45, 2.75) is 43.6 Å². The van der Waals surface area contributed by atoms with Gasteiger partial charge in [-0.1, -0.05) is 49.1 Å². The lowest BCUT2D eigenvalue weighted by Crippen LogP contribution is -2.33. The van der Waals surface area contributed by atoms with E-state index in [-0.39, 0.29) is 12.0 Å². The van der Waals surface area contributed by atoms with E-state index in [1.165, 1.54) is 16.7 Å². The fraction of sp³-hybridized carbons (Fsp3) is 0.360. The molecule has 1 saturated heterocycles. The molecule has 0 bridgehead atoms. The molecule has 2 aromatic rings. The van der Waals surface area contributed by atoms with Gasteiger partial charge in [-0.05, 0) is 79.6 Å². The van der Waals surface area contributed by atoms with Crippen LogP contribution < -0.4 is 5.32 Å². The van der Waals surface area contributed by atoms with Crippen molar-refractivity contribution in [2.24, 2.45) is 0 Å². The summed E-state index contributed by atoms with van der Waals surface area (Å²) in [5, 5.41) is 13.4. The molecular weight excluding hydrogens is 346 g/mol. The molecule has 1 aliphatic heterocycles. The summed E-state index contributed by atoms with van der Waals surface area (Å²) in [6, 6.07) is 16.5. The molecule has 4 rings (SSSR count). The molecule has 2 aliphatic rings. The molecule has 146 valence electrons. The first-order chi connectivity index (χ1) is 13.8. The monoisotopic (exact) mass is 375 g/mol. The third-order valence-corrected chi connectivity index (χ3v) is 5.99. The van der Waals surface area contributed by atoms with Crippen LogP contribution in [0.3, 0.4) is 0 Å². The Morgan fingerprint density at radius 3 is 2.61 bits per heavy atom. The van der Waals surface area contributed by atoms with Crippen molar-refractivity contribution in [2.75, 3.05) is 13.1 Å². The van der Waals surface area contributed by atoms with Crippen LogP contribution in [-0.2, 0) is 11.2 Å². The zero-order chi connectivity index (χ0) is 19.3. The number of benzene rings is 2. The number of allylic oxidation sites excluding steroid dienone is 3. The number of nitrogens with one attached hydrogen (secondary N) is 1. The summed E-state index contributed by atoms with van der Waals surface area (Å²) in [5.74, 6) is 1.83. The van der Waals surface area contributed by atoms with Crippen molar-refractivity contribution >= 4 is 0 Å². The Balaban J connectivity index is 1.74. The Labute approximate surface area is 167 Å². The molecule has 0 radical (unpaired) electrons. The second-order valence-corrected chi connectivity index (χ2v) is 7.79. The predicted octanol–water partition coefficient (Wildman–Crippen LogP) is 5.04. The van der Waals surface area contributed by atoms with Crippen LogP contribution in [0.15, 0.2) is 73.0 Å². The van der Waals surface area contributed by atoms with Crippen molar-refractivity contribution in [3.05, 3.63) is 89.7 Å². The summed E-state index contributed by atoms with van der Waals surface area (Å²) in [6.07, 6.45) is 8.19. The van der Waals surface area contributed by atoms with Crippen LogP contribution in [0.25, 0.3) is 0 Å². The number of rotatable bonds is 5. The predicted molar refractivity (Wildman–Crippen MR) is 114 cm³/mol. The summed E-state index contributed by atoms with van der Waals surface area (Å²) in [7, 11) is 0. The number of piperidine rings is 1. The highest BCUT2D eigenvalue weighted by molar-refractivity contribution is 5.45. The second kappa shape index (κ2) is 8.66. The summed E-state index contributed by atoms with van der Waals surface area (Å²) in [5.41, 5.74) is 3.83. The van der Waals surface area contributed by atoms with Gasteiger partial charge < -0.3 is 15.2 Å². The van der Waals surface area contributed by atoms with Crippen LogP contribution in [0, 0.1) is 0 Å². The summed E-state index contributed by atoms with van der Waals surface area (Å²) < 4.78 is 6.60. The molecular formula is C25H29NO2. The lowest BCUT2D eigenvalue weighted by molar-refractivity contribution is 0.0733. The zero-order valence-corrected chi connectivity index (χ0v) is 16.3. The number of aromatic hydroxyl groups is 1. The largest absolute Gasteiger partial charge is 0.508 e. The van der Waals surface area contributed by atoms with Crippen molar-refractivity contribution in [3.63, 3.8) is 0 Å². The van der Waals surface area contributed by atoms with Crippen LogP contribution in [0.2, 0.25) is 0 Å². The highest BCUT2D eigenvalue weighted by atomic mass is 16.5. The zero-order valence-electron chi connectivity index (χ0n) is 16.3. The normalized spacial score (nSPS) is 23.1. The van der Waals surface area contributed by atoms with E-state index in [1.54, 1.807) is 6.07 Å². The Hall–Kier alpha value is -2.52. The Morgan fingerprint density at radius 1 is 1.07 bits per heavy atom. The third-order valence-electron chi connectivity index (χ3n) is 5.99. The van der Waals surface area contributed by atoms with Crippen LogP contribution in [0.1, 0.15) is 47.8 Å². The number of phenols is 1. The third kappa shape index (κ3) is 4.00. The molecule has 0 aromatic heterocycles. The molecule has 28 heavy (non-hydrogen) atoms. The van der Waals surface area contributed by atoms with Gasteiger partial charge in [0.05, 0.1) is 0 Å². The highest BCUT2D eigenvalue weighted by Crippen LogP contribution is 2.47. The highest BCUT2D eigenvalue weighted by Gasteiger charge is 2.35. The summed E-state index contributed by atoms with van der Waals surface area (Å²) >= 11 is 0. The minimum Gasteiger partial charge on any atom is -0.508 e. The van der Waals surface area contributed by atoms with Crippen molar-refractivity contribution < 1.29 is 9.84 Å². The molecule has 1 aliphatic carbocycles. The molecule has 1 heterocycles. The Morgan fingerprint density at radius 2 is 1.86 bits per heavy atom. The summed E-state index contributed by atoms with van der Waals surface area (Å²) in [6.45, 7) is 5.95. The minimum atomic E-state index is 0.139. The van der Waals surface area contributed by atoms with Gasteiger partial charge in [0, 0.05) is 5.92 Å². The van der Waals surface area contributed by atoms with Crippen LogP contribution in [0.4, 0.5) is 0 Å². The molecule has 2 aromatic carbocycles. The Kier molecular flexibility index (Phi) is 5.82. The Bertz CT molecular complexity index is 837. The quantitative estimate of drug-likeness (QED) is 0.568. The first kappa shape index (κ1) is 18.8. The van der Waals surface area contributed by atoms with E-state index in [0.29, 0.717) is 11.7 Å². The maximum absolute atomic E-state index is 9.99. The molecule has 2 atom stereocenters. The maximum atomic E-state index is 9.99. The number of ether oxygens (including phenoxy) is 1. The fourth-order valence-electron chi connectivity index (χ4n) is 4.66. The van der Waals surface area contributed by atoms with Gasteiger partial charge in [0.1, 0.15) is 17.6 Å². The van der Waals surface area contributed by atoms with Gasteiger partial charge in [-0.25, -0.2) is 0 Å². The number of phenolic OH excluding ortho intramolecular Hbond substituents is 1. The topological polar surface area (TPSA) is 41.5 Å². The van der Waals surface area contributed by atoms with Crippen molar-refractivity contribution in [1.29, 1.82) is 0 Å². The van der Waals surface area contributed by atoms with E-state index >= 15 is 0 Å². The average molecular weight is 376 g/mol. The first-order valence-corrected chi connectivity index (χ1v) is 10.3. The van der Waals surface area contributed by atoms with Crippen LogP contribution in [0.5, 0.6) is 5.75 Å². The smallest absolute Gasteiger partial charge is 0.115 e. The van der Waals surface area contributed by atoms with Gasteiger partial charge in [0.15, 0.2) is 0 Å². The summed E-state index contributed by atoms with van der Waals surface area (Å²) in [4.78, 5) is 0. The second-order valence-electron chi connectivity index (χ2n) is 7.79. The van der Waals surface area contributed by atoms with Gasteiger partial charge >= 0.3 is 0 Å². The standard InChI is InChI=1S/C25H29NO2/c1-2-6-24(28-21-13-15-26-16-14-21)25-22(18-7-4-3-5-8-18)11-9-19-17-20(27)10-12-23(19)25/h2-8,10,12,17,21-22,25-27H,1,9,11,13-16H2/b24-6+/t22-,25?/m1/s1. The van der Waals surface area contributed by atoms with Crippen molar-refractivity contribution in [1.82, 2.24) is 5.32 Å². The van der Waals surface area contributed by atoms with E-state index in [0.717, 1.165) is 44.5 Å². The SMILES string of the molecule is C=C/C=C(/OC1CCNCC1)C1c2ccc(O)cc2CC[C@@H]1c1ccccc1. The number of aryl methyl sites for hydroxylation is 1. The number of hydrogen-bond acceptors (Lipinski definition) is 3. The molecule has 2 N–H and O–H groups in total. The van der Waals surface area contributed by atoms with Crippen LogP contribution >= 0.6 is 0 Å². The van der Waals surface area contributed by atoms with Gasteiger partial charge in [-0.3, -0.25) is 0 Å². The van der Waals surface area contributed by atoms with Gasteiger partial charge in [-0.15, -0.1) is 0 Å². The number of fused-ring (bicyclic) bond motifs is 1. The van der Waals surface area contributed by atoms with E-state index in [4.69, 9.17) is 4.74 Å².